The van der Waals surface area contributed by atoms with Crippen molar-refractivity contribution in [3.05, 3.63) is 145 Å². The molecule has 8 nitrogen and oxygen atoms in total. The Kier molecular flexibility index (Phi) is 8.05. The van der Waals surface area contributed by atoms with Gasteiger partial charge in [0.25, 0.3) is 11.1 Å². The number of aromatic amines is 2. The summed E-state index contributed by atoms with van der Waals surface area (Å²) in [5.41, 5.74) is 1.94. The minimum atomic E-state index is -0.483. The highest BCUT2D eigenvalue weighted by Gasteiger charge is 2.14. The number of benzene rings is 2. The van der Waals surface area contributed by atoms with Crippen molar-refractivity contribution in [2.24, 2.45) is 0 Å². The molecule has 9 heteroatoms. The van der Waals surface area contributed by atoms with E-state index < -0.39 is 16.9 Å². The number of nitrogens with one attached hydrogen (secondary N) is 2. The quantitative estimate of drug-likeness (QED) is 0.274. The van der Waals surface area contributed by atoms with E-state index in [2.05, 4.69) is 37.9 Å². The van der Waals surface area contributed by atoms with Gasteiger partial charge in [-0.25, -0.2) is 9.37 Å². The highest BCUT2D eigenvalue weighted by Crippen LogP contribution is 2.20. The molecule has 0 atom stereocenters. The second-order valence-electron chi connectivity index (χ2n) is 10.1. The summed E-state index contributed by atoms with van der Waals surface area (Å²) in [4.78, 5) is 48.6. The number of halogens is 1. The number of carbonyl (C=O) groups is 1. The topological polar surface area (TPSA) is 106 Å². The maximum absolute atomic E-state index is 13.2. The second kappa shape index (κ2) is 12.0. The van der Waals surface area contributed by atoms with E-state index in [1.54, 1.807) is 36.7 Å². The maximum atomic E-state index is 13.2. The van der Waals surface area contributed by atoms with E-state index >= 15 is 0 Å². The lowest BCUT2D eigenvalue weighted by Crippen LogP contribution is -2.46. The van der Waals surface area contributed by atoms with Gasteiger partial charge in [0.2, 0.25) is 0 Å². The van der Waals surface area contributed by atoms with Crippen molar-refractivity contribution in [2.45, 2.75) is 39.3 Å². The third-order valence-electron chi connectivity index (χ3n) is 6.77. The van der Waals surface area contributed by atoms with Gasteiger partial charge in [-0.1, -0.05) is 32.0 Å². The highest BCUT2D eigenvalue weighted by molar-refractivity contribution is 6.09. The first-order valence-corrected chi connectivity index (χ1v) is 13.4. The van der Waals surface area contributed by atoms with Crippen LogP contribution in [-0.4, -0.2) is 29.9 Å². The Hall–Kier alpha value is -5.05. The van der Waals surface area contributed by atoms with Gasteiger partial charge >= 0.3 is 0 Å². The van der Waals surface area contributed by atoms with Crippen molar-refractivity contribution in [3.8, 4) is 0 Å². The van der Waals surface area contributed by atoms with Crippen LogP contribution in [-0.2, 0) is 13.1 Å². The third-order valence-corrected chi connectivity index (χ3v) is 6.77. The number of rotatable bonds is 9. The summed E-state index contributed by atoms with van der Waals surface area (Å²) in [5.74, 6) is -0.554. The molecule has 0 saturated heterocycles. The first-order valence-electron chi connectivity index (χ1n) is 13.4. The van der Waals surface area contributed by atoms with Crippen LogP contribution < -0.4 is 21.8 Å². The van der Waals surface area contributed by atoms with Gasteiger partial charge in [0.05, 0.1) is 12.0 Å². The van der Waals surface area contributed by atoms with Crippen molar-refractivity contribution >= 4 is 17.9 Å². The number of aromatic nitrogens is 5. The van der Waals surface area contributed by atoms with Crippen LogP contribution >= 0.6 is 0 Å². The molecule has 0 aliphatic heterocycles. The molecule has 0 aliphatic rings. The van der Waals surface area contributed by atoms with Crippen LogP contribution in [0, 0.1) is 5.82 Å². The monoisotopic (exact) mass is 551 g/mol. The highest BCUT2D eigenvalue weighted by atomic mass is 19.1. The average Bonchev–Trinajstić information content (AvgIpc) is 3.62. The SMILES string of the molecule is CC(C)c1c(/C=c2\[nH]c(=O)/c(=C/c3cccc(C(=O)c4ccc(F)cc4)c3)[nH]c2=O)ncn1CCCn1cccc1. The molecule has 208 valence electrons. The Morgan fingerprint density at radius 3 is 2.27 bits per heavy atom. The van der Waals surface area contributed by atoms with Crippen molar-refractivity contribution in [1.82, 2.24) is 24.1 Å². The Labute approximate surface area is 235 Å². The average molecular weight is 552 g/mol. The molecule has 41 heavy (non-hydrogen) atoms. The lowest BCUT2D eigenvalue weighted by Gasteiger charge is -2.12. The second-order valence-corrected chi connectivity index (χ2v) is 10.1. The van der Waals surface area contributed by atoms with Gasteiger partial charge in [0, 0.05) is 42.3 Å². The first-order chi connectivity index (χ1) is 19.8. The minimum Gasteiger partial charge on any atom is -0.354 e. The molecule has 2 N–H and O–H groups in total. The Morgan fingerprint density at radius 1 is 0.902 bits per heavy atom. The fraction of sp³-hybridized carbons (Fsp3) is 0.188. The number of aryl methyl sites for hydroxylation is 2. The van der Waals surface area contributed by atoms with E-state index in [1.807, 2.05) is 24.5 Å². The maximum Gasteiger partial charge on any atom is 0.272 e. The molecule has 0 unspecified atom stereocenters. The number of hydrogen-bond acceptors (Lipinski definition) is 4. The summed E-state index contributed by atoms with van der Waals surface area (Å²) in [6, 6.07) is 15.9. The summed E-state index contributed by atoms with van der Waals surface area (Å²) >= 11 is 0. The number of nitrogens with zero attached hydrogens (tertiary/aromatic N) is 3. The van der Waals surface area contributed by atoms with Gasteiger partial charge in [0.15, 0.2) is 5.78 Å². The van der Waals surface area contributed by atoms with Gasteiger partial charge in [-0.2, -0.15) is 0 Å². The summed E-state index contributed by atoms with van der Waals surface area (Å²) < 4.78 is 17.5. The normalized spacial score (nSPS) is 12.4. The minimum absolute atomic E-state index is 0.0538. The molecule has 2 aromatic carbocycles. The van der Waals surface area contributed by atoms with E-state index in [0.29, 0.717) is 22.4 Å². The summed E-state index contributed by atoms with van der Waals surface area (Å²) in [7, 11) is 0. The van der Waals surface area contributed by atoms with Gasteiger partial charge in [-0.3, -0.25) is 14.4 Å². The molecular weight excluding hydrogens is 521 g/mol. The molecule has 0 bridgehead atoms. The molecule has 5 aromatic rings. The molecule has 5 rings (SSSR count). The van der Waals surface area contributed by atoms with Gasteiger partial charge < -0.3 is 19.1 Å². The predicted octanol–water partition coefficient (Wildman–Crippen LogP) is 3.30. The first kappa shape index (κ1) is 27.5. The van der Waals surface area contributed by atoms with Gasteiger partial charge in [-0.15, -0.1) is 0 Å². The fourth-order valence-corrected chi connectivity index (χ4v) is 4.80. The standard InChI is InChI=1S/C32H30FN5O3/c1-21(2)29-26(34-20-38(29)16-6-15-37-13-3-4-14-37)19-28-32(41)35-27(31(40)36-28)18-22-7-5-8-24(17-22)30(39)23-9-11-25(33)12-10-23/h3-5,7-14,17-21H,6,15-16H2,1-2H3,(H,35,41)(H,36,40)/b27-18-,28-19-. The number of carbonyl (C=O) groups excluding carboxylic acids is 1. The zero-order chi connectivity index (χ0) is 28.9. The number of hydrogen-bond donors (Lipinski definition) is 2. The van der Waals surface area contributed by atoms with Gasteiger partial charge in [0.1, 0.15) is 16.5 Å². The summed E-state index contributed by atoms with van der Waals surface area (Å²) in [6.45, 7) is 5.79. The van der Waals surface area contributed by atoms with Crippen molar-refractivity contribution in [3.63, 3.8) is 0 Å². The number of imidazole rings is 1. The number of H-pyrrole nitrogens is 2. The Bertz CT molecular complexity index is 1910. The molecule has 0 saturated carbocycles. The Balaban J connectivity index is 1.42. The number of ketones is 1. The lowest BCUT2D eigenvalue weighted by atomic mass is 10.0. The summed E-state index contributed by atoms with van der Waals surface area (Å²) in [6.07, 6.45) is 9.86. The van der Waals surface area contributed by atoms with Crippen LogP contribution in [0.1, 0.15) is 59.1 Å². The largest absolute Gasteiger partial charge is 0.354 e. The van der Waals surface area contributed by atoms with Gasteiger partial charge in [-0.05, 0) is 72.5 Å². The zero-order valence-corrected chi connectivity index (χ0v) is 22.8. The smallest absolute Gasteiger partial charge is 0.272 e. The third kappa shape index (κ3) is 6.41. The molecule has 3 aromatic heterocycles. The van der Waals surface area contributed by atoms with Crippen LogP contribution in [0.15, 0.2) is 89.0 Å². The predicted molar refractivity (Wildman–Crippen MR) is 156 cm³/mol. The van der Waals surface area contributed by atoms with Crippen molar-refractivity contribution in [2.75, 3.05) is 0 Å². The Morgan fingerprint density at radius 2 is 1.59 bits per heavy atom. The van der Waals surface area contributed by atoms with E-state index in [0.717, 1.165) is 25.2 Å². The molecule has 0 fully saturated rings. The van der Waals surface area contributed by atoms with Crippen LogP contribution in [0.2, 0.25) is 0 Å². The van der Waals surface area contributed by atoms with Crippen LogP contribution in [0.4, 0.5) is 4.39 Å². The molecule has 0 aliphatic carbocycles. The molecule has 0 radical (unpaired) electrons. The fourth-order valence-electron chi connectivity index (χ4n) is 4.80. The molecule has 3 heterocycles. The lowest BCUT2D eigenvalue weighted by molar-refractivity contribution is 0.103. The van der Waals surface area contributed by atoms with Crippen molar-refractivity contribution in [1.29, 1.82) is 0 Å². The van der Waals surface area contributed by atoms with Crippen LogP contribution in [0.5, 0.6) is 0 Å². The molecular formula is C32H30FN5O3. The van der Waals surface area contributed by atoms with E-state index in [4.69, 9.17) is 0 Å². The van der Waals surface area contributed by atoms with Crippen molar-refractivity contribution < 1.29 is 9.18 Å². The zero-order valence-electron chi connectivity index (χ0n) is 22.8. The molecule has 0 spiro atoms. The van der Waals surface area contributed by atoms with Crippen LogP contribution in [0.3, 0.4) is 0 Å². The van der Waals surface area contributed by atoms with E-state index in [9.17, 15) is 18.8 Å². The molecule has 0 amide bonds. The summed E-state index contributed by atoms with van der Waals surface area (Å²) in [5, 5.41) is 0.157. The van der Waals surface area contributed by atoms with Crippen LogP contribution in [0.25, 0.3) is 12.2 Å². The van der Waals surface area contributed by atoms with E-state index in [-0.39, 0.29) is 22.4 Å². The van der Waals surface area contributed by atoms with E-state index in [1.165, 1.54) is 30.3 Å².